The lowest BCUT2D eigenvalue weighted by molar-refractivity contribution is -0.170. The van der Waals surface area contributed by atoms with Crippen molar-refractivity contribution in [3.05, 3.63) is 52.9 Å². The third-order valence-electron chi connectivity index (χ3n) is 3.38. The topological polar surface area (TPSA) is 110 Å². The highest BCUT2D eigenvalue weighted by Crippen LogP contribution is 2.23. The zero-order chi connectivity index (χ0) is 18.2. The molecule has 130 valence electrons. The fourth-order valence-corrected chi connectivity index (χ4v) is 4.38. The van der Waals surface area contributed by atoms with E-state index < -0.39 is 33.8 Å². The van der Waals surface area contributed by atoms with Gasteiger partial charge in [0.25, 0.3) is 21.8 Å². The predicted molar refractivity (Wildman–Crippen MR) is 87.1 cm³/mol. The van der Waals surface area contributed by atoms with Gasteiger partial charge in [-0.3, -0.25) is 9.59 Å². The molecule has 0 aliphatic carbocycles. The number of imide groups is 1. The molecule has 3 rings (SSSR count). The summed E-state index contributed by atoms with van der Waals surface area (Å²) in [5.74, 6) is -2.63. The molecule has 2 heterocycles. The summed E-state index contributed by atoms with van der Waals surface area (Å²) in [6.07, 6.45) is 0. The average molecular weight is 380 g/mol. The van der Waals surface area contributed by atoms with Crippen molar-refractivity contribution in [2.24, 2.45) is 0 Å². The molecule has 0 saturated carbocycles. The Morgan fingerprint density at radius 3 is 2.24 bits per heavy atom. The summed E-state index contributed by atoms with van der Waals surface area (Å²) in [5, 5.41) is 1.92. The van der Waals surface area contributed by atoms with Crippen LogP contribution in [0.25, 0.3) is 0 Å². The number of rotatable bonds is 5. The van der Waals surface area contributed by atoms with Crippen LogP contribution in [0.2, 0.25) is 0 Å². The van der Waals surface area contributed by atoms with E-state index in [9.17, 15) is 22.8 Å². The van der Waals surface area contributed by atoms with E-state index in [0.717, 1.165) is 11.3 Å². The number of fused-ring (bicyclic) bond motifs is 1. The van der Waals surface area contributed by atoms with Crippen molar-refractivity contribution in [2.75, 3.05) is 0 Å². The first-order chi connectivity index (χ1) is 11.8. The van der Waals surface area contributed by atoms with Gasteiger partial charge in [0.2, 0.25) is 0 Å². The number of hydroxylamine groups is 2. The molecule has 1 atom stereocenters. The smallest absolute Gasteiger partial charge is 0.328 e. The van der Waals surface area contributed by atoms with Crippen LogP contribution < -0.4 is 4.72 Å². The summed E-state index contributed by atoms with van der Waals surface area (Å²) in [5.41, 5.74) is 0.235. The maximum Gasteiger partial charge on any atom is 0.350 e. The van der Waals surface area contributed by atoms with Gasteiger partial charge in [0.15, 0.2) is 0 Å². The Kier molecular flexibility index (Phi) is 4.41. The maximum atomic E-state index is 12.1. The van der Waals surface area contributed by atoms with Crippen molar-refractivity contribution in [1.82, 2.24) is 9.79 Å². The predicted octanol–water partition coefficient (Wildman–Crippen LogP) is 1.17. The molecule has 0 saturated heterocycles. The first-order valence-corrected chi connectivity index (χ1v) is 9.43. The molecule has 0 bridgehead atoms. The van der Waals surface area contributed by atoms with E-state index >= 15 is 0 Å². The molecule has 2 aromatic rings. The molecule has 1 aliphatic rings. The monoisotopic (exact) mass is 380 g/mol. The van der Waals surface area contributed by atoms with Crippen molar-refractivity contribution < 1.29 is 27.6 Å². The Labute approximate surface area is 147 Å². The van der Waals surface area contributed by atoms with Crippen molar-refractivity contribution in [3.8, 4) is 0 Å². The van der Waals surface area contributed by atoms with Crippen LogP contribution in [0.1, 0.15) is 27.6 Å². The first kappa shape index (κ1) is 17.3. The number of nitrogens with one attached hydrogen (secondary N) is 1. The van der Waals surface area contributed by atoms with Gasteiger partial charge in [-0.25, -0.2) is 13.2 Å². The first-order valence-electron chi connectivity index (χ1n) is 7.07. The minimum atomic E-state index is -3.90. The van der Waals surface area contributed by atoms with Gasteiger partial charge in [-0.1, -0.05) is 23.3 Å². The fourth-order valence-electron chi connectivity index (χ4n) is 2.17. The summed E-state index contributed by atoms with van der Waals surface area (Å²) in [6, 6.07) is 7.67. The number of benzene rings is 1. The van der Waals surface area contributed by atoms with Crippen LogP contribution in [0.3, 0.4) is 0 Å². The number of carbonyl (C=O) groups is 3. The standard InChI is InChI=1S/C15H12N2O6S2/c1-9(16-25(21,22)12-7-4-8-24-12)15(20)23-17-13(18)10-5-2-3-6-11(10)14(17)19/h2-9,16H,1H3. The summed E-state index contributed by atoms with van der Waals surface area (Å²) in [6.45, 7) is 1.26. The highest BCUT2D eigenvalue weighted by molar-refractivity contribution is 7.91. The van der Waals surface area contributed by atoms with Crippen molar-refractivity contribution in [1.29, 1.82) is 0 Å². The molecule has 1 unspecified atom stereocenters. The quantitative estimate of drug-likeness (QED) is 0.780. The van der Waals surface area contributed by atoms with E-state index in [1.165, 1.54) is 25.1 Å². The van der Waals surface area contributed by atoms with Gasteiger partial charge in [-0.15, -0.1) is 11.3 Å². The second-order valence-electron chi connectivity index (χ2n) is 5.14. The van der Waals surface area contributed by atoms with Crippen LogP contribution in [0.4, 0.5) is 0 Å². The molecule has 1 aromatic carbocycles. The lowest BCUT2D eigenvalue weighted by atomic mass is 10.1. The van der Waals surface area contributed by atoms with Gasteiger partial charge >= 0.3 is 5.97 Å². The van der Waals surface area contributed by atoms with Crippen LogP contribution in [0, 0.1) is 0 Å². The van der Waals surface area contributed by atoms with Crippen LogP contribution in [-0.4, -0.2) is 37.3 Å². The summed E-state index contributed by atoms with van der Waals surface area (Å²) in [4.78, 5) is 41.2. The van der Waals surface area contributed by atoms with Crippen LogP contribution in [0.15, 0.2) is 46.0 Å². The number of hydrogen-bond acceptors (Lipinski definition) is 7. The van der Waals surface area contributed by atoms with Gasteiger partial charge in [-0.05, 0) is 30.5 Å². The van der Waals surface area contributed by atoms with Crippen LogP contribution in [-0.2, 0) is 19.7 Å². The van der Waals surface area contributed by atoms with Gasteiger partial charge in [0.05, 0.1) is 11.1 Å². The largest absolute Gasteiger partial charge is 0.350 e. The van der Waals surface area contributed by atoms with Gasteiger partial charge in [0, 0.05) is 0 Å². The second kappa shape index (κ2) is 6.39. The van der Waals surface area contributed by atoms with Gasteiger partial charge in [0.1, 0.15) is 10.3 Å². The number of thiophene rings is 1. The van der Waals surface area contributed by atoms with E-state index in [4.69, 9.17) is 4.84 Å². The number of sulfonamides is 1. The average Bonchev–Trinajstić information content (AvgIpc) is 3.19. The molecule has 8 nitrogen and oxygen atoms in total. The Hall–Kier alpha value is -2.56. The van der Waals surface area contributed by atoms with Crippen molar-refractivity contribution in [2.45, 2.75) is 17.2 Å². The zero-order valence-electron chi connectivity index (χ0n) is 12.8. The lowest BCUT2D eigenvalue weighted by Gasteiger charge is -2.16. The molecule has 25 heavy (non-hydrogen) atoms. The van der Waals surface area contributed by atoms with Gasteiger partial charge in [-0.2, -0.15) is 4.72 Å². The molecule has 10 heteroatoms. The minimum absolute atomic E-state index is 0.0351. The molecule has 0 fully saturated rings. The van der Waals surface area contributed by atoms with E-state index in [0.29, 0.717) is 5.06 Å². The molecular formula is C15H12N2O6S2. The lowest BCUT2D eigenvalue weighted by Crippen LogP contribution is -2.43. The molecule has 2 amide bonds. The van der Waals surface area contributed by atoms with E-state index in [1.807, 2.05) is 0 Å². The van der Waals surface area contributed by atoms with E-state index in [1.54, 1.807) is 23.6 Å². The molecule has 1 aliphatic heterocycles. The second-order valence-corrected chi connectivity index (χ2v) is 8.02. The minimum Gasteiger partial charge on any atom is -0.328 e. The SMILES string of the molecule is CC(NS(=O)(=O)c1cccs1)C(=O)ON1C(=O)c2ccccc2C1=O. The van der Waals surface area contributed by atoms with Crippen molar-refractivity contribution in [3.63, 3.8) is 0 Å². The molecule has 0 radical (unpaired) electrons. The summed E-state index contributed by atoms with van der Waals surface area (Å²) in [7, 11) is -3.90. The normalized spacial score (nSPS) is 15.2. The van der Waals surface area contributed by atoms with Crippen molar-refractivity contribution >= 4 is 39.1 Å². The third kappa shape index (κ3) is 3.18. The molecule has 1 N–H and O–H groups in total. The molecular weight excluding hydrogens is 368 g/mol. The number of hydrogen-bond donors (Lipinski definition) is 1. The Morgan fingerprint density at radius 2 is 1.72 bits per heavy atom. The number of amides is 2. The number of nitrogens with zero attached hydrogens (tertiary/aromatic N) is 1. The zero-order valence-corrected chi connectivity index (χ0v) is 14.5. The highest BCUT2D eigenvalue weighted by Gasteiger charge is 2.39. The van der Waals surface area contributed by atoms with E-state index in [2.05, 4.69) is 4.72 Å². The number of carbonyl (C=O) groups excluding carboxylic acids is 3. The Bertz CT molecular complexity index is 917. The fraction of sp³-hybridized carbons (Fsp3) is 0.133. The Morgan fingerprint density at radius 1 is 1.12 bits per heavy atom. The third-order valence-corrected chi connectivity index (χ3v) is 6.32. The molecule has 1 aromatic heterocycles. The highest BCUT2D eigenvalue weighted by atomic mass is 32.2. The summed E-state index contributed by atoms with van der Waals surface area (Å²) >= 11 is 0.988. The summed E-state index contributed by atoms with van der Waals surface area (Å²) < 4.78 is 26.4. The maximum absolute atomic E-state index is 12.1. The van der Waals surface area contributed by atoms with E-state index in [-0.39, 0.29) is 15.3 Å². The Balaban J connectivity index is 1.71. The van der Waals surface area contributed by atoms with Gasteiger partial charge < -0.3 is 4.84 Å². The van der Waals surface area contributed by atoms with Crippen LogP contribution >= 0.6 is 11.3 Å². The van der Waals surface area contributed by atoms with Crippen LogP contribution in [0.5, 0.6) is 0 Å². The molecule has 0 spiro atoms.